The number of sulfonamides is 1. The largest absolute Gasteiger partial charge is 0.454 e. The number of ether oxygens (including phenoxy) is 2. The molecule has 1 aromatic carbocycles. The van der Waals surface area contributed by atoms with Gasteiger partial charge in [0.1, 0.15) is 4.21 Å². The standard InChI is InChI=1S/C18H20N2O5S2/c1-2-17(21)20-6-5-16-13(10-20)8-18(26-16)27(22,23)19-9-12-3-4-14-15(7-12)25-11-24-14/h3-4,7-8,19H,2,5-6,9-11H2,1H3. The summed E-state index contributed by atoms with van der Waals surface area (Å²) in [6.45, 7) is 3.31. The zero-order valence-corrected chi connectivity index (χ0v) is 16.5. The van der Waals surface area contributed by atoms with Crippen molar-refractivity contribution in [3.8, 4) is 11.5 Å². The Hall–Kier alpha value is -2.10. The Kier molecular flexibility index (Phi) is 4.83. The molecule has 9 heteroatoms. The van der Waals surface area contributed by atoms with Gasteiger partial charge in [-0.25, -0.2) is 13.1 Å². The lowest BCUT2D eigenvalue weighted by atomic mass is 10.1. The smallest absolute Gasteiger partial charge is 0.250 e. The van der Waals surface area contributed by atoms with Crippen LogP contribution in [-0.4, -0.2) is 32.6 Å². The van der Waals surface area contributed by atoms with Crippen molar-refractivity contribution in [1.29, 1.82) is 0 Å². The van der Waals surface area contributed by atoms with Crippen molar-refractivity contribution in [2.45, 2.75) is 37.1 Å². The molecule has 1 aromatic heterocycles. The lowest BCUT2D eigenvalue weighted by Crippen LogP contribution is -2.34. The van der Waals surface area contributed by atoms with Gasteiger partial charge in [0.25, 0.3) is 0 Å². The molecule has 0 aliphatic carbocycles. The van der Waals surface area contributed by atoms with Crippen molar-refractivity contribution in [2.75, 3.05) is 13.3 Å². The van der Waals surface area contributed by atoms with Gasteiger partial charge < -0.3 is 14.4 Å². The molecule has 1 amide bonds. The van der Waals surface area contributed by atoms with Crippen LogP contribution in [0.2, 0.25) is 0 Å². The van der Waals surface area contributed by atoms with Gasteiger partial charge in [0.2, 0.25) is 22.7 Å². The minimum Gasteiger partial charge on any atom is -0.454 e. The van der Waals surface area contributed by atoms with Gasteiger partial charge in [-0.2, -0.15) is 0 Å². The molecule has 3 heterocycles. The summed E-state index contributed by atoms with van der Waals surface area (Å²) in [5.41, 5.74) is 1.72. The molecule has 0 bridgehead atoms. The Labute approximate surface area is 161 Å². The van der Waals surface area contributed by atoms with Crippen LogP contribution in [0.3, 0.4) is 0 Å². The van der Waals surface area contributed by atoms with E-state index in [1.165, 1.54) is 11.3 Å². The van der Waals surface area contributed by atoms with Crippen LogP contribution >= 0.6 is 11.3 Å². The van der Waals surface area contributed by atoms with Gasteiger partial charge >= 0.3 is 0 Å². The highest BCUT2D eigenvalue weighted by Gasteiger charge is 2.26. The maximum atomic E-state index is 12.7. The first-order valence-electron chi connectivity index (χ1n) is 8.74. The van der Waals surface area contributed by atoms with E-state index in [0.717, 1.165) is 16.0 Å². The van der Waals surface area contributed by atoms with E-state index in [1.807, 2.05) is 13.0 Å². The molecule has 0 saturated carbocycles. The molecule has 7 nitrogen and oxygen atoms in total. The second-order valence-electron chi connectivity index (χ2n) is 6.44. The molecule has 2 aromatic rings. The van der Waals surface area contributed by atoms with E-state index >= 15 is 0 Å². The Morgan fingerprint density at radius 2 is 2.07 bits per heavy atom. The number of nitrogens with zero attached hydrogens (tertiary/aromatic N) is 1. The predicted octanol–water partition coefficient (Wildman–Crippen LogP) is 2.25. The third-order valence-corrected chi connectivity index (χ3v) is 7.78. The average molecular weight is 409 g/mol. The normalized spacial score (nSPS) is 15.7. The highest BCUT2D eigenvalue weighted by Crippen LogP contribution is 2.33. The Morgan fingerprint density at radius 1 is 1.26 bits per heavy atom. The number of benzene rings is 1. The number of carbonyl (C=O) groups excluding carboxylic acids is 1. The van der Waals surface area contributed by atoms with Crippen molar-refractivity contribution < 1.29 is 22.7 Å². The fourth-order valence-electron chi connectivity index (χ4n) is 3.18. The van der Waals surface area contributed by atoms with Crippen molar-refractivity contribution in [2.24, 2.45) is 0 Å². The van der Waals surface area contributed by atoms with Gasteiger partial charge in [-0.3, -0.25) is 4.79 Å². The minimum absolute atomic E-state index is 0.0946. The van der Waals surface area contributed by atoms with E-state index in [2.05, 4.69) is 4.72 Å². The number of hydrogen-bond donors (Lipinski definition) is 1. The molecule has 0 spiro atoms. The Morgan fingerprint density at radius 3 is 2.89 bits per heavy atom. The number of carbonyl (C=O) groups is 1. The lowest BCUT2D eigenvalue weighted by molar-refractivity contribution is -0.131. The van der Waals surface area contributed by atoms with E-state index in [1.54, 1.807) is 23.1 Å². The van der Waals surface area contributed by atoms with Crippen molar-refractivity contribution in [3.05, 3.63) is 40.3 Å². The monoisotopic (exact) mass is 408 g/mol. The molecule has 0 atom stereocenters. The molecule has 0 fully saturated rings. The van der Waals surface area contributed by atoms with Gasteiger partial charge in [0.05, 0.1) is 0 Å². The van der Waals surface area contributed by atoms with E-state index in [9.17, 15) is 13.2 Å². The molecule has 0 saturated heterocycles. The van der Waals surface area contributed by atoms with Crippen LogP contribution in [0.1, 0.15) is 29.3 Å². The summed E-state index contributed by atoms with van der Waals surface area (Å²) >= 11 is 1.29. The van der Waals surface area contributed by atoms with Crippen LogP contribution in [-0.2, 0) is 34.3 Å². The van der Waals surface area contributed by atoms with Crippen LogP contribution < -0.4 is 14.2 Å². The Bertz CT molecular complexity index is 984. The zero-order valence-electron chi connectivity index (χ0n) is 14.9. The maximum absolute atomic E-state index is 12.7. The summed E-state index contributed by atoms with van der Waals surface area (Å²) < 4.78 is 38.9. The molecule has 0 radical (unpaired) electrons. The number of fused-ring (bicyclic) bond motifs is 2. The van der Waals surface area contributed by atoms with E-state index < -0.39 is 10.0 Å². The summed E-state index contributed by atoms with van der Waals surface area (Å²) in [6.07, 6.45) is 1.16. The summed E-state index contributed by atoms with van der Waals surface area (Å²) in [6, 6.07) is 7.05. The molecule has 2 aliphatic rings. The van der Waals surface area contributed by atoms with Gasteiger partial charge in [-0.15, -0.1) is 11.3 Å². The average Bonchev–Trinajstić information content (AvgIpc) is 3.31. The van der Waals surface area contributed by atoms with Crippen molar-refractivity contribution in [1.82, 2.24) is 9.62 Å². The SMILES string of the molecule is CCC(=O)N1CCc2sc(S(=O)(=O)NCc3ccc4c(c3)OCO4)cc2C1. The fraction of sp³-hybridized carbons (Fsp3) is 0.389. The number of hydrogen-bond acceptors (Lipinski definition) is 6. The van der Waals surface area contributed by atoms with Crippen LogP contribution in [0.5, 0.6) is 11.5 Å². The summed E-state index contributed by atoms with van der Waals surface area (Å²) in [7, 11) is -3.62. The minimum atomic E-state index is -3.62. The fourth-order valence-corrected chi connectivity index (χ4v) is 5.78. The van der Waals surface area contributed by atoms with E-state index in [4.69, 9.17) is 9.47 Å². The number of rotatable bonds is 5. The van der Waals surface area contributed by atoms with Crippen LogP contribution in [0, 0.1) is 0 Å². The van der Waals surface area contributed by atoms with Crippen molar-refractivity contribution in [3.63, 3.8) is 0 Å². The van der Waals surface area contributed by atoms with E-state index in [-0.39, 0.29) is 19.2 Å². The maximum Gasteiger partial charge on any atom is 0.250 e. The predicted molar refractivity (Wildman–Crippen MR) is 100 cm³/mol. The van der Waals surface area contributed by atoms with Gasteiger partial charge in [-0.1, -0.05) is 13.0 Å². The molecule has 4 rings (SSSR count). The quantitative estimate of drug-likeness (QED) is 0.820. The molecule has 0 unspecified atom stereocenters. The molecule has 2 aliphatic heterocycles. The second kappa shape index (κ2) is 7.14. The summed E-state index contributed by atoms with van der Waals surface area (Å²) in [5.74, 6) is 1.38. The lowest BCUT2D eigenvalue weighted by Gasteiger charge is -2.26. The highest BCUT2D eigenvalue weighted by molar-refractivity contribution is 7.91. The molecule has 27 heavy (non-hydrogen) atoms. The molecule has 1 N–H and O–H groups in total. The first kappa shape index (κ1) is 18.3. The molecular formula is C18H20N2O5S2. The third-order valence-electron chi connectivity index (χ3n) is 4.67. The molecule has 144 valence electrons. The van der Waals surface area contributed by atoms with E-state index in [0.29, 0.717) is 41.6 Å². The third kappa shape index (κ3) is 3.67. The van der Waals surface area contributed by atoms with Crippen LogP contribution in [0.15, 0.2) is 28.5 Å². The van der Waals surface area contributed by atoms with Crippen molar-refractivity contribution >= 4 is 27.3 Å². The Balaban J connectivity index is 1.47. The highest BCUT2D eigenvalue weighted by atomic mass is 32.2. The first-order valence-corrected chi connectivity index (χ1v) is 11.0. The van der Waals surface area contributed by atoms with Gasteiger partial charge in [0.15, 0.2) is 11.5 Å². The number of thiophene rings is 1. The summed E-state index contributed by atoms with van der Waals surface area (Å²) in [5, 5.41) is 0. The van der Waals surface area contributed by atoms with Gasteiger partial charge in [0, 0.05) is 30.9 Å². The van der Waals surface area contributed by atoms with Crippen LogP contribution in [0.4, 0.5) is 0 Å². The topological polar surface area (TPSA) is 84.9 Å². The first-order chi connectivity index (χ1) is 13.0. The number of nitrogens with one attached hydrogen (secondary N) is 1. The zero-order chi connectivity index (χ0) is 19.0. The van der Waals surface area contributed by atoms with Crippen LogP contribution in [0.25, 0.3) is 0 Å². The van der Waals surface area contributed by atoms with Gasteiger partial charge in [-0.05, 0) is 35.7 Å². The molecular weight excluding hydrogens is 388 g/mol. The second-order valence-corrected chi connectivity index (χ2v) is 9.58. The number of amides is 1. The summed E-state index contributed by atoms with van der Waals surface area (Å²) in [4.78, 5) is 14.7.